The van der Waals surface area contributed by atoms with Crippen molar-refractivity contribution in [1.29, 1.82) is 0 Å². The van der Waals surface area contributed by atoms with E-state index in [9.17, 15) is 13.2 Å². The van der Waals surface area contributed by atoms with Crippen molar-refractivity contribution in [3.63, 3.8) is 0 Å². The summed E-state index contributed by atoms with van der Waals surface area (Å²) in [6.07, 6.45) is 5.50. The second-order valence-electron chi connectivity index (χ2n) is 3.86. The number of terminal acetylenes is 1. The maximum Gasteiger partial charge on any atom is 0.304 e. The Morgan fingerprint density at radius 2 is 2.25 bits per heavy atom. The minimum atomic E-state index is -3.09. The lowest BCUT2D eigenvalue weighted by molar-refractivity contribution is -0.138. The smallest absolute Gasteiger partial charge is 0.304 e. The predicted molar refractivity (Wildman–Crippen MR) is 59.7 cm³/mol. The second kappa shape index (κ2) is 5.32. The van der Waals surface area contributed by atoms with Gasteiger partial charge in [0.05, 0.1) is 17.9 Å². The van der Waals surface area contributed by atoms with Crippen LogP contribution in [0.4, 0.5) is 0 Å². The third-order valence-corrected chi connectivity index (χ3v) is 4.30. The lowest BCUT2D eigenvalue weighted by Gasteiger charge is -2.34. The molecule has 5 nitrogen and oxygen atoms in total. The molecule has 1 atom stereocenters. The van der Waals surface area contributed by atoms with Gasteiger partial charge in [0.1, 0.15) is 0 Å². The van der Waals surface area contributed by atoms with E-state index in [-0.39, 0.29) is 17.9 Å². The van der Waals surface area contributed by atoms with E-state index in [1.165, 1.54) is 0 Å². The van der Waals surface area contributed by atoms with Gasteiger partial charge >= 0.3 is 5.97 Å². The summed E-state index contributed by atoms with van der Waals surface area (Å²) in [5.74, 6) is 1.50. The van der Waals surface area contributed by atoms with Gasteiger partial charge in [0.15, 0.2) is 9.84 Å². The molecule has 0 spiro atoms. The molecule has 1 saturated heterocycles. The number of sulfone groups is 1. The number of rotatable bonds is 4. The number of carboxylic acid groups (broad SMARTS) is 1. The van der Waals surface area contributed by atoms with Crippen LogP contribution in [0.1, 0.15) is 12.8 Å². The Bertz CT molecular complexity index is 396. The Balaban J connectivity index is 2.68. The van der Waals surface area contributed by atoms with Gasteiger partial charge in [-0.15, -0.1) is 12.3 Å². The average molecular weight is 245 g/mol. The maximum atomic E-state index is 11.4. The fourth-order valence-electron chi connectivity index (χ4n) is 1.81. The summed E-state index contributed by atoms with van der Waals surface area (Å²) in [5, 5.41) is 8.72. The van der Waals surface area contributed by atoms with Crippen LogP contribution in [0.25, 0.3) is 0 Å². The largest absolute Gasteiger partial charge is 0.481 e. The van der Waals surface area contributed by atoms with E-state index >= 15 is 0 Å². The number of hydrogen-bond donors (Lipinski definition) is 1. The van der Waals surface area contributed by atoms with Gasteiger partial charge in [-0.3, -0.25) is 9.69 Å². The summed E-state index contributed by atoms with van der Waals surface area (Å²) in [6.45, 7) is 0.936. The van der Waals surface area contributed by atoms with E-state index in [0.717, 1.165) is 0 Å². The third-order valence-electron chi connectivity index (χ3n) is 2.61. The van der Waals surface area contributed by atoms with Crippen molar-refractivity contribution >= 4 is 15.8 Å². The fourth-order valence-corrected chi connectivity index (χ4v) is 3.41. The normalized spacial score (nSPS) is 24.8. The zero-order valence-electron chi connectivity index (χ0n) is 8.92. The van der Waals surface area contributed by atoms with Gasteiger partial charge in [0, 0.05) is 25.6 Å². The molecule has 1 aliphatic heterocycles. The standard InChI is InChI=1S/C10H15NO4S/c1-2-3-4-11-5-6-16(14,15)8-9(11)7-10(12)13/h1,9H,3-8H2,(H,12,13). The number of hydrogen-bond acceptors (Lipinski definition) is 4. The van der Waals surface area contributed by atoms with Gasteiger partial charge in [0.2, 0.25) is 0 Å². The molecule has 1 N–H and O–H groups in total. The molecular formula is C10H15NO4S. The molecule has 0 bridgehead atoms. The Labute approximate surface area is 95.4 Å². The lowest BCUT2D eigenvalue weighted by atomic mass is 10.2. The number of aliphatic carboxylic acids is 1. The molecule has 0 amide bonds. The summed E-state index contributed by atoms with van der Waals surface area (Å²) >= 11 is 0. The lowest BCUT2D eigenvalue weighted by Crippen LogP contribution is -2.49. The summed E-state index contributed by atoms with van der Waals surface area (Å²) in [7, 11) is -3.09. The quantitative estimate of drug-likeness (QED) is 0.681. The van der Waals surface area contributed by atoms with Crippen LogP contribution >= 0.6 is 0 Å². The molecule has 0 radical (unpaired) electrons. The highest BCUT2D eigenvalue weighted by Crippen LogP contribution is 2.15. The molecule has 1 heterocycles. The Morgan fingerprint density at radius 1 is 1.56 bits per heavy atom. The van der Waals surface area contributed by atoms with Crippen molar-refractivity contribution in [2.75, 3.05) is 24.6 Å². The van der Waals surface area contributed by atoms with Gasteiger partial charge in [-0.25, -0.2) is 8.42 Å². The monoisotopic (exact) mass is 245 g/mol. The molecular weight excluding hydrogens is 230 g/mol. The molecule has 90 valence electrons. The van der Waals surface area contributed by atoms with E-state index in [1.54, 1.807) is 0 Å². The SMILES string of the molecule is C#CCCN1CCS(=O)(=O)CC1CC(=O)O. The van der Waals surface area contributed by atoms with Crippen LogP contribution in [0.3, 0.4) is 0 Å². The third kappa shape index (κ3) is 3.83. The van der Waals surface area contributed by atoms with Crippen molar-refractivity contribution < 1.29 is 18.3 Å². The summed E-state index contributed by atoms with van der Waals surface area (Å²) in [6, 6.07) is -0.440. The molecule has 0 aromatic rings. The maximum absolute atomic E-state index is 11.4. The van der Waals surface area contributed by atoms with E-state index < -0.39 is 21.8 Å². The minimum absolute atomic E-state index is 0.0795. The van der Waals surface area contributed by atoms with E-state index in [0.29, 0.717) is 19.5 Å². The van der Waals surface area contributed by atoms with Crippen LogP contribution < -0.4 is 0 Å². The molecule has 1 fully saturated rings. The Morgan fingerprint density at radius 3 is 2.81 bits per heavy atom. The van der Waals surface area contributed by atoms with E-state index in [2.05, 4.69) is 5.92 Å². The van der Waals surface area contributed by atoms with Crippen molar-refractivity contribution in [2.45, 2.75) is 18.9 Å². The van der Waals surface area contributed by atoms with Crippen LogP contribution in [-0.4, -0.2) is 55.0 Å². The molecule has 0 aromatic heterocycles. The zero-order chi connectivity index (χ0) is 12.2. The van der Waals surface area contributed by atoms with Crippen LogP contribution in [-0.2, 0) is 14.6 Å². The highest BCUT2D eigenvalue weighted by Gasteiger charge is 2.31. The molecule has 1 aliphatic rings. The van der Waals surface area contributed by atoms with Crippen molar-refractivity contribution in [3.05, 3.63) is 0 Å². The topological polar surface area (TPSA) is 74.7 Å². The first-order valence-electron chi connectivity index (χ1n) is 5.04. The summed E-state index contributed by atoms with van der Waals surface area (Å²) in [4.78, 5) is 12.5. The van der Waals surface area contributed by atoms with Crippen LogP contribution in [0, 0.1) is 12.3 Å². The molecule has 16 heavy (non-hydrogen) atoms. The van der Waals surface area contributed by atoms with E-state index in [4.69, 9.17) is 11.5 Å². The van der Waals surface area contributed by atoms with Crippen molar-refractivity contribution in [2.24, 2.45) is 0 Å². The predicted octanol–water partition coefficient (Wildman–Crippen LogP) is -0.417. The molecule has 1 rings (SSSR count). The first-order valence-corrected chi connectivity index (χ1v) is 6.86. The molecule has 1 unspecified atom stereocenters. The van der Waals surface area contributed by atoms with Crippen molar-refractivity contribution in [1.82, 2.24) is 4.90 Å². The highest BCUT2D eigenvalue weighted by molar-refractivity contribution is 7.91. The molecule has 0 aromatic carbocycles. The first kappa shape index (κ1) is 13.0. The molecule has 0 aliphatic carbocycles. The van der Waals surface area contributed by atoms with Gasteiger partial charge in [-0.1, -0.05) is 0 Å². The van der Waals surface area contributed by atoms with Crippen LogP contribution in [0.5, 0.6) is 0 Å². The van der Waals surface area contributed by atoms with Gasteiger partial charge in [0.25, 0.3) is 0 Å². The highest BCUT2D eigenvalue weighted by atomic mass is 32.2. The number of nitrogens with zero attached hydrogens (tertiary/aromatic N) is 1. The number of carboxylic acids is 1. The van der Waals surface area contributed by atoms with E-state index in [1.807, 2.05) is 4.90 Å². The number of carbonyl (C=O) groups is 1. The Hall–Kier alpha value is -1.06. The second-order valence-corrected chi connectivity index (χ2v) is 6.08. The summed E-state index contributed by atoms with van der Waals surface area (Å²) < 4.78 is 22.8. The first-order chi connectivity index (χ1) is 7.44. The van der Waals surface area contributed by atoms with Gasteiger partial charge < -0.3 is 5.11 Å². The van der Waals surface area contributed by atoms with Crippen LogP contribution in [0.15, 0.2) is 0 Å². The minimum Gasteiger partial charge on any atom is -0.481 e. The van der Waals surface area contributed by atoms with Crippen molar-refractivity contribution in [3.8, 4) is 12.3 Å². The zero-order valence-corrected chi connectivity index (χ0v) is 9.74. The van der Waals surface area contributed by atoms with Crippen LogP contribution in [0.2, 0.25) is 0 Å². The molecule has 6 heteroatoms. The van der Waals surface area contributed by atoms with Gasteiger partial charge in [-0.05, 0) is 0 Å². The Kier molecular flexibility index (Phi) is 4.33. The summed E-state index contributed by atoms with van der Waals surface area (Å²) in [5.41, 5.74) is 0. The average Bonchev–Trinajstić information content (AvgIpc) is 2.14. The fraction of sp³-hybridized carbons (Fsp3) is 0.700. The van der Waals surface area contributed by atoms with Gasteiger partial charge in [-0.2, -0.15) is 0 Å². The molecule has 0 saturated carbocycles.